The van der Waals surface area contributed by atoms with Crippen molar-refractivity contribution < 1.29 is 9.85 Å². The van der Waals surface area contributed by atoms with Crippen molar-refractivity contribution in [3.63, 3.8) is 0 Å². The molecule has 0 unspecified atom stereocenters. The average Bonchev–Trinajstić information content (AvgIpc) is 2.64. The normalized spacial score (nSPS) is 11.2. The molecule has 0 N–H and O–H groups in total. The van der Waals surface area contributed by atoms with E-state index in [9.17, 15) is 20.2 Å². The van der Waals surface area contributed by atoms with E-state index in [1.807, 2.05) is 0 Å². The largest absolute Gasteiger partial charge is 0.293 e. The first-order valence-corrected chi connectivity index (χ1v) is 8.05. The number of nitro groups is 2. The number of hydrogen-bond acceptors (Lipinski definition) is 6. The van der Waals surface area contributed by atoms with Gasteiger partial charge in [0.15, 0.2) is 0 Å². The predicted octanol–water partition coefficient (Wildman–Crippen LogP) is 3.82. The van der Waals surface area contributed by atoms with Crippen molar-refractivity contribution in [2.75, 3.05) is 13.1 Å². The van der Waals surface area contributed by atoms with Crippen LogP contribution in [0.5, 0.6) is 0 Å². The maximum Gasteiger partial charge on any atom is 0.270 e. The van der Waals surface area contributed by atoms with Crippen molar-refractivity contribution in [2.24, 2.45) is 9.98 Å². The minimum atomic E-state index is -0.434. The molecule has 8 heteroatoms. The molecule has 134 valence electrons. The number of hydrogen-bond donors (Lipinski definition) is 0. The van der Waals surface area contributed by atoms with Crippen LogP contribution in [-0.4, -0.2) is 35.4 Å². The van der Waals surface area contributed by atoms with Crippen LogP contribution in [0, 0.1) is 20.2 Å². The Labute approximate surface area is 150 Å². The monoisotopic (exact) mass is 354 g/mol. The molecule has 0 radical (unpaired) electrons. The lowest BCUT2D eigenvalue weighted by atomic mass is 10.2. The lowest BCUT2D eigenvalue weighted by Gasteiger charge is -1.96. The molecule has 0 saturated carbocycles. The number of aliphatic imine (C=N–C) groups is 2. The van der Waals surface area contributed by atoms with Gasteiger partial charge in [-0.15, -0.1) is 0 Å². The summed E-state index contributed by atoms with van der Waals surface area (Å²) < 4.78 is 0. The maximum atomic E-state index is 10.7. The van der Waals surface area contributed by atoms with Crippen LogP contribution in [0.3, 0.4) is 0 Å². The van der Waals surface area contributed by atoms with E-state index in [0.29, 0.717) is 24.2 Å². The molecule has 0 amide bonds. The van der Waals surface area contributed by atoms with E-state index in [2.05, 4.69) is 9.98 Å². The summed E-state index contributed by atoms with van der Waals surface area (Å²) in [6.07, 6.45) is 4.91. The first kappa shape index (κ1) is 18.9. The topological polar surface area (TPSA) is 111 Å². The molecule has 0 heterocycles. The van der Waals surface area contributed by atoms with Gasteiger partial charge < -0.3 is 0 Å². The molecule has 0 fully saturated rings. The zero-order valence-electron chi connectivity index (χ0n) is 14.0. The van der Waals surface area contributed by atoms with Crippen molar-refractivity contribution in [1.82, 2.24) is 0 Å². The van der Waals surface area contributed by atoms with E-state index < -0.39 is 9.85 Å². The van der Waals surface area contributed by atoms with E-state index in [1.54, 1.807) is 36.7 Å². The van der Waals surface area contributed by atoms with Gasteiger partial charge in [0.2, 0.25) is 0 Å². The molecule has 0 aliphatic carbocycles. The number of benzene rings is 2. The van der Waals surface area contributed by atoms with E-state index in [4.69, 9.17) is 0 Å². The average molecular weight is 354 g/mol. The molecule has 8 nitrogen and oxygen atoms in total. The zero-order chi connectivity index (χ0) is 18.8. The van der Waals surface area contributed by atoms with E-state index in [1.165, 1.54) is 24.3 Å². The van der Waals surface area contributed by atoms with Crippen molar-refractivity contribution >= 4 is 23.8 Å². The number of rotatable bonds is 9. The maximum absolute atomic E-state index is 10.7. The predicted molar refractivity (Wildman–Crippen MR) is 100 cm³/mol. The third-order valence-electron chi connectivity index (χ3n) is 3.47. The van der Waals surface area contributed by atoms with E-state index in [0.717, 1.165) is 12.8 Å². The molecule has 0 spiro atoms. The highest BCUT2D eigenvalue weighted by Gasteiger charge is 2.04. The molecule has 0 saturated heterocycles. The molecular formula is C18H18N4O4. The van der Waals surface area contributed by atoms with Gasteiger partial charge in [-0.2, -0.15) is 0 Å². The summed E-state index contributed by atoms with van der Waals surface area (Å²) >= 11 is 0. The summed E-state index contributed by atoms with van der Waals surface area (Å²) in [5.74, 6) is 0. The Hall–Kier alpha value is -3.42. The lowest BCUT2D eigenvalue weighted by molar-refractivity contribution is -0.385. The van der Waals surface area contributed by atoms with Gasteiger partial charge in [0.1, 0.15) is 0 Å². The van der Waals surface area contributed by atoms with E-state index in [-0.39, 0.29) is 11.4 Å². The Kier molecular flexibility index (Phi) is 7.11. The smallest absolute Gasteiger partial charge is 0.270 e. The van der Waals surface area contributed by atoms with Crippen LogP contribution >= 0.6 is 0 Å². The molecule has 2 rings (SSSR count). The molecule has 0 bridgehead atoms. The van der Waals surface area contributed by atoms with Gasteiger partial charge in [-0.1, -0.05) is 24.3 Å². The van der Waals surface area contributed by atoms with Crippen LogP contribution in [-0.2, 0) is 0 Å². The van der Waals surface area contributed by atoms with Gasteiger partial charge in [0.05, 0.1) is 9.85 Å². The summed E-state index contributed by atoms with van der Waals surface area (Å²) in [5.41, 5.74) is 1.49. The first-order chi connectivity index (χ1) is 12.6. The minimum absolute atomic E-state index is 0.0458. The second-order valence-electron chi connectivity index (χ2n) is 5.48. The summed E-state index contributed by atoms with van der Waals surface area (Å²) in [5, 5.41) is 21.4. The molecule has 0 aliphatic heterocycles. The van der Waals surface area contributed by atoms with Gasteiger partial charge in [0.25, 0.3) is 11.4 Å². The van der Waals surface area contributed by atoms with Crippen LogP contribution in [0.2, 0.25) is 0 Å². The van der Waals surface area contributed by atoms with Gasteiger partial charge in [-0.25, -0.2) is 0 Å². The van der Waals surface area contributed by atoms with Gasteiger partial charge in [-0.3, -0.25) is 30.2 Å². The van der Waals surface area contributed by atoms with Gasteiger partial charge in [-0.05, 0) is 24.0 Å². The SMILES string of the molecule is O=[N+]([O-])c1cccc(C=NCCCCN=Cc2cccc([N+](=O)[O-])c2)c1. The summed E-state index contributed by atoms with van der Waals surface area (Å²) in [4.78, 5) is 29.0. The van der Waals surface area contributed by atoms with Crippen molar-refractivity contribution in [1.29, 1.82) is 0 Å². The van der Waals surface area contributed by atoms with Crippen LogP contribution in [0.4, 0.5) is 11.4 Å². The zero-order valence-corrected chi connectivity index (χ0v) is 14.0. The molecule has 2 aromatic carbocycles. The summed E-state index contributed by atoms with van der Waals surface area (Å²) in [6, 6.07) is 12.6. The second kappa shape index (κ2) is 9.77. The highest BCUT2D eigenvalue weighted by molar-refractivity contribution is 5.81. The number of nitrogens with zero attached hydrogens (tertiary/aromatic N) is 4. The number of non-ortho nitro benzene ring substituents is 2. The lowest BCUT2D eigenvalue weighted by Crippen LogP contribution is -1.92. The third-order valence-corrected chi connectivity index (χ3v) is 3.47. The van der Waals surface area contributed by atoms with Gasteiger partial charge in [0, 0.05) is 49.8 Å². The Morgan fingerprint density at radius 3 is 1.58 bits per heavy atom. The molecular weight excluding hydrogens is 336 g/mol. The number of unbranched alkanes of at least 4 members (excludes halogenated alkanes) is 1. The molecule has 0 aromatic heterocycles. The fourth-order valence-corrected chi connectivity index (χ4v) is 2.18. The van der Waals surface area contributed by atoms with Gasteiger partial charge >= 0.3 is 0 Å². The van der Waals surface area contributed by atoms with Crippen molar-refractivity contribution in [2.45, 2.75) is 12.8 Å². The first-order valence-electron chi connectivity index (χ1n) is 8.05. The Bertz CT molecular complexity index is 764. The quantitative estimate of drug-likeness (QED) is 0.295. The highest BCUT2D eigenvalue weighted by Crippen LogP contribution is 2.12. The highest BCUT2D eigenvalue weighted by atomic mass is 16.6. The van der Waals surface area contributed by atoms with E-state index >= 15 is 0 Å². The summed E-state index contributed by atoms with van der Waals surface area (Å²) in [6.45, 7) is 1.21. The molecule has 26 heavy (non-hydrogen) atoms. The standard InChI is InChI=1S/C18H18N4O4/c23-21(24)17-7-3-5-15(11-17)13-19-9-1-2-10-20-14-16-6-4-8-18(12-16)22(25)26/h3-8,11-14H,1-2,9-10H2. The summed E-state index contributed by atoms with van der Waals surface area (Å²) in [7, 11) is 0. The molecule has 0 atom stereocenters. The van der Waals surface area contributed by atoms with Crippen molar-refractivity contribution in [3.05, 3.63) is 79.9 Å². The minimum Gasteiger partial charge on any atom is -0.293 e. The Morgan fingerprint density at radius 2 is 1.19 bits per heavy atom. The second-order valence-corrected chi connectivity index (χ2v) is 5.48. The molecule has 0 aliphatic rings. The third kappa shape index (κ3) is 6.23. The fraction of sp³-hybridized carbons (Fsp3) is 0.222. The Balaban J connectivity index is 1.71. The van der Waals surface area contributed by atoms with Crippen LogP contribution in [0.1, 0.15) is 24.0 Å². The van der Waals surface area contributed by atoms with Crippen LogP contribution < -0.4 is 0 Å². The van der Waals surface area contributed by atoms with Crippen LogP contribution in [0.15, 0.2) is 58.5 Å². The number of nitro benzene ring substituents is 2. The van der Waals surface area contributed by atoms with Crippen LogP contribution in [0.25, 0.3) is 0 Å². The van der Waals surface area contributed by atoms with Crippen molar-refractivity contribution in [3.8, 4) is 0 Å². The Morgan fingerprint density at radius 1 is 0.769 bits per heavy atom. The fourth-order valence-electron chi connectivity index (χ4n) is 2.18. The molecule has 2 aromatic rings.